The third-order valence-corrected chi connectivity index (χ3v) is 10.5. The average Bonchev–Trinajstić information content (AvgIpc) is 3.30. The fraction of sp³-hybridized carbons (Fsp3) is 0.238. The second-order valence-corrected chi connectivity index (χ2v) is 12.0. The van der Waals surface area contributed by atoms with E-state index in [1.807, 2.05) is 4.67 Å². The number of hydrogen-bond acceptors (Lipinski definition) is 4. The van der Waals surface area contributed by atoms with Gasteiger partial charge in [-0.05, 0) is 54.3 Å². The highest BCUT2D eigenvalue weighted by Crippen LogP contribution is 2.59. The summed E-state index contributed by atoms with van der Waals surface area (Å²) >= 11 is 12.2. The first-order valence-electron chi connectivity index (χ1n) is 10.0. The van der Waals surface area contributed by atoms with E-state index in [4.69, 9.17) is 28.1 Å². The number of hydrogen-bond donors (Lipinski definition) is 0. The van der Waals surface area contributed by atoms with E-state index in [2.05, 4.69) is 4.98 Å². The van der Waals surface area contributed by atoms with Crippen molar-refractivity contribution >= 4 is 46.9 Å². The van der Waals surface area contributed by atoms with E-state index in [0.717, 1.165) is 12.1 Å². The molecule has 33 heavy (non-hydrogen) atoms. The lowest BCUT2D eigenvalue weighted by Crippen LogP contribution is -2.49. The number of halogens is 4. The molecule has 3 aromatic rings. The lowest BCUT2D eigenvalue weighted by molar-refractivity contribution is -0.137. The minimum atomic E-state index is -4.58. The topological polar surface area (TPSA) is 50.6 Å². The summed E-state index contributed by atoms with van der Waals surface area (Å²) in [6.45, 7) is 1.67. The number of anilines is 1. The summed E-state index contributed by atoms with van der Waals surface area (Å²) in [7, 11) is 0. The van der Waals surface area contributed by atoms with Crippen molar-refractivity contribution in [2.75, 3.05) is 31.0 Å². The van der Waals surface area contributed by atoms with Gasteiger partial charge < -0.3 is 4.74 Å². The molecule has 3 heterocycles. The van der Waals surface area contributed by atoms with Crippen molar-refractivity contribution in [3.05, 3.63) is 71.0 Å². The fourth-order valence-electron chi connectivity index (χ4n) is 4.03. The molecular formula is C21H17ClF3N4O2PS. The van der Waals surface area contributed by atoms with Gasteiger partial charge in [-0.15, -0.1) is 0 Å². The quantitative estimate of drug-likeness (QED) is 0.474. The van der Waals surface area contributed by atoms with Gasteiger partial charge >= 0.3 is 6.18 Å². The van der Waals surface area contributed by atoms with Crippen LogP contribution in [0.25, 0.3) is 5.69 Å². The highest BCUT2D eigenvalue weighted by Gasteiger charge is 2.47. The van der Waals surface area contributed by atoms with Gasteiger partial charge in [0.15, 0.2) is 11.9 Å². The molecule has 1 saturated heterocycles. The number of alkyl halides is 3. The summed E-state index contributed by atoms with van der Waals surface area (Å²) in [5.74, 6) is -0.503. The van der Waals surface area contributed by atoms with Crippen LogP contribution in [-0.2, 0) is 22.7 Å². The molecule has 1 unspecified atom stereocenters. The van der Waals surface area contributed by atoms with Gasteiger partial charge in [-0.1, -0.05) is 11.6 Å². The van der Waals surface area contributed by atoms with Crippen LogP contribution in [0.1, 0.15) is 15.9 Å². The molecule has 1 fully saturated rings. The molecule has 0 saturated carbocycles. The molecule has 2 aliphatic heterocycles. The Morgan fingerprint density at radius 2 is 1.79 bits per heavy atom. The SMILES string of the molecule is O=C(c1ccc(Cl)cc1)N1c2cc(C(F)(F)F)ccc2-n2ccnc2P1(=S)N1CCOCC1. The third-order valence-electron chi connectivity index (χ3n) is 5.60. The van der Waals surface area contributed by atoms with Crippen molar-refractivity contribution in [3.8, 4) is 5.69 Å². The average molecular weight is 513 g/mol. The second kappa shape index (κ2) is 8.21. The maximum Gasteiger partial charge on any atom is 0.416 e. The number of fused-ring (bicyclic) bond motifs is 3. The van der Waals surface area contributed by atoms with Crippen molar-refractivity contribution < 1.29 is 22.7 Å². The molecule has 172 valence electrons. The molecule has 0 spiro atoms. The zero-order chi connectivity index (χ0) is 23.4. The van der Waals surface area contributed by atoms with E-state index in [1.165, 1.54) is 22.9 Å². The summed E-state index contributed by atoms with van der Waals surface area (Å²) in [5.41, 5.74) is 0.387. The van der Waals surface area contributed by atoms with Crippen molar-refractivity contribution in [2.24, 2.45) is 0 Å². The second-order valence-electron chi connectivity index (χ2n) is 7.53. The van der Waals surface area contributed by atoms with Gasteiger partial charge in [-0.25, -0.2) is 9.65 Å². The van der Waals surface area contributed by atoms with E-state index in [-0.39, 0.29) is 11.3 Å². The summed E-state index contributed by atoms with van der Waals surface area (Å²) < 4.78 is 51.4. The highest BCUT2D eigenvalue weighted by molar-refractivity contribution is 8.18. The van der Waals surface area contributed by atoms with Crippen LogP contribution in [0.5, 0.6) is 0 Å². The zero-order valence-electron chi connectivity index (χ0n) is 17.0. The number of carbonyl (C=O) groups excluding carboxylic acids is 1. The van der Waals surface area contributed by atoms with E-state index >= 15 is 0 Å². The Hall–Kier alpha value is -2.23. The molecule has 0 radical (unpaired) electrons. The summed E-state index contributed by atoms with van der Waals surface area (Å²) in [4.78, 5) is 18.4. The minimum Gasteiger partial charge on any atom is -0.379 e. The minimum absolute atomic E-state index is 0.102. The Kier molecular flexibility index (Phi) is 5.61. The Balaban J connectivity index is 1.77. The van der Waals surface area contributed by atoms with Gasteiger partial charge in [-0.3, -0.25) is 14.0 Å². The monoisotopic (exact) mass is 512 g/mol. The first-order chi connectivity index (χ1) is 15.7. The number of ether oxygens (including phenoxy) is 1. The van der Waals surface area contributed by atoms with Crippen LogP contribution < -0.4 is 10.2 Å². The lowest BCUT2D eigenvalue weighted by atomic mass is 10.1. The summed E-state index contributed by atoms with van der Waals surface area (Å²) in [5, 5.41) is 0.438. The van der Waals surface area contributed by atoms with E-state index in [9.17, 15) is 18.0 Å². The molecule has 12 heteroatoms. The van der Waals surface area contributed by atoms with Crippen molar-refractivity contribution in [2.45, 2.75) is 6.18 Å². The zero-order valence-corrected chi connectivity index (χ0v) is 19.5. The predicted octanol–water partition coefficient (Wildman–Crippen LogP) is 4.47. The van der Waals surface area contributed by atoms with Crippen molar-refractivity contribution in [1.29, 1.82) is 0 Å². The number of rotatable bonds is 2. The molecule has 0 aliphatic carbocycles. The largest absolute Gasteiger partial charge is 0.416 e. The van der Waals surface area contributed by atoms with Gasteiger partial charge in [0, 0.05) is 36.1 Å². The van der Waals surface area contributed by atoms with Crippen LogP contribution >= 0.6 is 17.9 Å². The first kappa shape index (κ1) is 22.6. The molecule has 6 nitrogen and oxygen atoms in total. The molecular weight excluding hydrogens is 496 g/mol. The smallest absolute Gasteiger partial charge is 0.379 e. The van der Waals surface area contributed by atoms with Crippen LogP contribution in [0.15, 0.2) is 54.9 Å². The van der Waals surface area contributed by atoms with Gasteiger partial charge in [-0.2, -0.15) is 13.2 Å². The van der Waals surface area contributed by atoms with Crippen LogP contribution in [0.2, 0.25) is 5.02 Å². The summed E-state index contributed by atoms with van der Waals surface area (Å²) in [6.07, 6.45) is -4.53. The Morgan fingerprint density at radius 3 is 2.45 bits per heavy atom. The van der Waals surface area contributed by atoms with Gasteiger partial charge in [0.2, 0.25) is 0 Å². The molecule has 1 amide bonds. The fourth-order valence-corrected chi connectivity index (χ4v) is 8.42. The maximum atomic E-state index is 13.9. The number of benzene rings is 2. The van der Waals surface area contributed by atoms with E-state index < -0.39 is 24.0 Å². The van der Waals surface area contributed by atoms with Crippen LogP contribution in [-0.4, -0.2) is 46.4 Å². The molecule has 2 aliphatic rings. The van der Waals surface area contributed by atoms with E-state index in [0.29, 0.717) is 42.6 Å². The maximum absolute atomic E-state index is 13.9. The Morgan fingerprint density at radius 1 is 1.09 bits per heavy atom. The Bertz CT molecular complexity index is 1280. The number of nitrogens with zero attached hydrogens (tertiary/aromatic N) is 4. The Labute approximate surface area is 197 Å². The number of imidazole rings is 1. The molecule has 2 aromatic carbocycles. The number of aromatic nitrogens is 2. The van der Waals surface area contributed by atoms with Gasteiger partial charge in [0.05, 0.1) is 30.2 Å². The first-order valence-corrected chi connectivity index (χ1v) is 13.1. The van der Waals surface area contributed by atoms with E-state index in [1.54, 1.807) is 29.1 Å². The third kappa shape index (κ3) is 3.70. The molecule has 5 rings (SSSR count). The number of carbonyl (C=O) groups is 1. The number of amides is 1. The van der Waals surface area contributed by atoms with Gasteiger partial charge in [0.1, 0.15) is 0 Å². The van der Waals surface area contributed by atoms with Crippen LogP contribution in [0.4, 0.5) is 18.9 Å². The number of morpholine rings is 1. The molecule has 1 aromatic heterocycles. The van der Waals surface area contributed by atoms with Crippen LogP contribution in [0, 0.1) is 0 Å². The van der Waals surface area contributed by atoms with Crippen molar-refractivity contribution in [3.63, 3.8) is 0 Å². The lowest BCUT2D eigenvalue weighted by Gasteiger charge is -2.46. The highest BCUT2D eigenvalue weighted by atomic mass is 35.5. The standard InChI is InChI=1S/C21H17ClF3N4O2PS/c22-16-4-1-14(2-5-16)19(30)29-18-13-15(21(23,24)25)3-6-17(18)28-8-7-26-20(28)32(29,33)27-9-11-31-12-10-27/h1-8,13H,9-12H2. The molecule has 1 atom stereocenters. The molecule has 0 N–H and O–H groups in total. The predicted molar refractivity (Wildman–Crippen MR) is 123 cm³/mol. The van der Waals surface area contributed by atoms with Gasteiger partial charge in [0.25, 0.3) is 5.91 Å². The molecule has 0 bridgehead atoms. The summed E-state index contributed by atoms with van der Waals surface area (Å²) in [6, 6.07) is 9.54. The normalized spacial score (nSPS) is 20.9. The van der Waals surface area contributed by atoms with Crippen molar-refractivity contribution in [1.82, 2.24) is 14.2 Å². The van der Waals surface area contributed by atoms with Crippen LogP contribution in [0.3, 0.4) is 0 Å².